The van der Waals surface area contributed by atoms with E-state index in [0.717, 1.165) is 6.07 Å². The average molecular weight is 287 g/mol. The molecule has 0 fully saturated rings. The minimum absolute atomic E-state index is 0.0390. The maximum absolute atomic E-state index is 12.6. The second kappa shape index (κ2) is 5.38. The van der Waals surface area contributed by atoms with Crippen molar-refractivity contribution in [3.63, 3.8) is 0 Å². The molecule has 108 valence electrons. The summed E-state index contributed by atoms with van der Waals surface area (Å²) in [5, 5.41) is 8.63. The van der Waals surface area contributed by atoms with Gasteiger partial charge in [0.15, 0.2) is 0 Å². The van der Waals surface area contributed by atoms with Gasteiger partial charge in [-0.15, -0.1) is 0 Å². The summed E-state index contributed by atoms with van der Waals surface area (Å²) in [6.07, 6.45) is -10.3. The van der Waals surface area contributed by atoms with E-state index in [4.69, 9.17) is 10.8 Å². The van der Waals surface area contributed by atoms with Crippen molar-refractivity contribution < 1.29 is 31.4 Å². The third-order valence-corrected chi connectivity index (χ3v) is 2.52. The van der Waals surface area contributed by atoms with Crippen LogP contribution in [0.25, 0.3) is 0 Å². The largest absolute Gasteiger partial charge is 0.417 e. The molecule has 0 saturated carbocycles. The quantitative estimate of drug-likeness (QED) is 0.839. The fraction of sp³-hybridized carbons (Fsp3) is 0.455. The maximum Gasteiger partial charge on any atom is 0.417 e. The van der Waals surface area contributed by atoms with Crippen molar-refractivity contribution in [2.24, 2.45) is 5.73 Å². The van der Waals surface area contributed by atoms with Crippen LogP contribution in [0, 0.1) is 0 Å². The third kappa shape index (κ3) is 3.84. The summed E-state index contributed by atoms with van der Waals surface area (Å²) in [4.78, 5) is 0. The first-order chi connectivity index (χ1) is 8.57. The molecule has 1 aromatic carbocycles. The second-order valence-corrected chi connectivity index (χ2v) is 3.92. The van der Waals surface area contributed by atoms with Crippen LogP contribution in [0.5, 0.6) is 0 Å². The van der Waals surface area contributed by atoms with Gasteiger partial charge in [0.25, 0.3) is 0 Å². The Hall–Kier alpha value is -1.28. The molecule has 0 bridgehead atoms. The Kier molecular flexibility index (Phi) is 4.46. The molecule has 1 aromatic rings. The average Bonchev–Trinajstić information content (AvgIpc) is 2.26. The number of benzene rings is 1. The van der Waals surface area contributed by atoms with Gasteiger partial charge in [-0.3, -0.25) is 0 Å². The van der Waals surface area contributed by atoms with Gasteiger partial charge in [0.2, 0.25) is 0 Å². The Morgan fingerprint density at radius 1 is 1.00 bits per heavy atom. The van der Waals surface area contributed by atoms with E-state index in [1.54, 1.807) is 0 Å². The van der Waals surface area contributed by atoms with Gasteiger partial charge in [-0.2, -0.15) is 26.3 Å². The fourth-order valence-electron chi connectivity index (χ4n) is 1.58. The third-order valence-electron chi connectivity index (χ3n) is 2.52. The van der Waals surface area contributed by atoms with Gasteiger partial charge >= 0.3 is 12.4 Å². The van der Waals surface area contributed by atoms with Gasteiger partial charge in [0.1, 0.15) is 0 Å². The number of aliphatic hydroxyl groups excluding tert-OH is 1. The Bertz CT molecular complexity index is 440. The number of hydrogen-bond acceptors (Lipinski definition) is 2. The normalized spacial score (nSPS) is 14.5. The van der Waals surface area contributed by atoms with Crippen molar-refractivity contribution in [3.05, 3.63) is 34.9 Å². The topological polar surface area (TPSA) is 46.2 Å². The van der Waals surface area contributed by atoms with Gasteiger partial charge in [0.05, 0.1) is 11.1 Å². The van der Waals surface area contributed by atoms with E-state index in [1.807, 2.05) is 0 Å². The number of aliphatic hydroxyl groups is 1. The molecule has 19 heavy (non-hydrogen) atoms. The van der Waals surface area contributed by atoms with Crippen LogP contribution in [0.3, 0.4) is 0 Å². The SMILES string of the molecule is N[C@@H](CCO)c1ccc(C(F)(F)F)c(C(F)(F)F)c1. The molecule has 0 aliphatic heterocycles. The molecular formula is C11H11F6NO. The standard InChI is InChI=1S/C11H11F6NO/c12-10(13,14)7-2-1-6(9(18)3-4-19)5-8(7)11(15,16)17/h1-2,5,9,19H,3-4,18H2/t9-/m0/s1. The van der Waals surface area contributed by atoms with Gasteiger partial charge in [-0.25, -0.2) is 0 Å². The smallest absolute Gasteiger partial charge is 0.396 e. The van der Waals surface area contributed by atoms with Crippen LogP contribution < -0.4 is 5.73 Å². The van der Waals surface area contributed by atoms with Crippen molar-refractivity contribution >= 4 is 0 Å². The van der Waals surface area contributed by atoms with Crippen LogP contribution in [0.2, 0.25) is 0 Å². The van der Waals surface area contributed by atoms with E-state index in [-0.39, 0.29) is 18.6 Å². The molecule has 0 aliphatic rings. The first kappa shape index (κ1) is 15.8. The fourth-order valence-corrected chi connectivity index (χ4v) is 1.58. The first-order valence-electron chi connectivity index (χ1n) is 5.22. The molecule has 0 amide bonds. The van der Waals surface area contributed by atoms with E-state index in [2.05, 4.69) is 0 Å². The van der Waals surface area contributed by atoms with E-state index in [0.29, 0.717) is 12.1 Å². The summed E-state index contributed by atoms with van der Waals surface area (Å²) < 4.78 is 75.3. The first-order valence-corrected chi connectivity index (χ1v) is 5.22. The van der Waals surface area contributed by atoms with Gasteiger partial charge in [-0.05, 0) is 24.1 Å². The molecule has 0 spiro atoms. The van der Waals surface area contributed by atoms with E-state index < -0.39 is 29.5 Å². The summed E-state index contributed by atoms with van der Waals surface area (Å²) in [5.41, 5.74) is 1.84. The van der Waals surface area contributed by atoms with Gasteiger partial charge < -0.3 is 10.8 Å². The lowest BCUT2D eigenvalue weighted by Crippen LogP contribution is -2.19. The Labute approximate surface area is 104 Å². The number of nitrogens with two attached hydrogens (primary N) is 1. The summed E-state index contributed by atoms with van der Waals surface area (Å²) in [5.74, 6) is 0. The lowest BCUT2D eigenvalue weighted by Gasteiger charge is -2.18. The van der Waals surface area contributed by atoms with Crippen molar-refractivity contribution in [2.75, 3.05) is 6.61 Å². The number of hydrogen-bond donors (Lipinski definition) is 2. The minimum Gasteiger partial charge on any atom is -0.396 e. The second-order valence-electron chi connectivity index (χ2n) is 3.92. The summed E-state index contributed by atoms with van der Waals surface area (Å²) in [6.45, 7) is -0.371. The Morgan fingerprint density at radius 2 is 1.53 bits per heavy atom. The number of rotatable bonds is 3. The maximum atomic E-state index is 12.6. The zero-order valence-corrected chi connectivity index (χ0v) is 9.52. The number of alkyl halides is 6. The molecule has 8 heteroatoms. The lowest BCUT2D eigenvalue weighted by molar-refractivity contribution is -0.162. The lowest BCUT2D eigenvalue weighted by atomic mass is 9.98. The van der Waals surface area contributed by atoms with Gasteiger partial charge in [-0.1, -0.05) is 6.07 Å². The predicted molar refractivity (Wildman–Crippen MR) is 55.1 cm³/mol. The van der Waals surface area contributed by atoms with E-state index >= 15 is 0 Å². The molecule has 3 N–H and O–H groups in total. The Balaban J connectivity index is 3.32. The highest BCUT2D eigenvalue weighted by Crippen LogP contribution is 2.41. The van der Waals surface area contributed by atoms with Crippen molar-refractivity contribution in [1.29, 1.82) is 0 Å². The minimum atomic E-state index is -5.13. The molecule has 2 nitrogen and oxygen atoms in total. The van der Waals surface area contributed by atoms with E-state index in [1.165, 1.54) is 0 Å². The van der Waals surface area contributed by atoms with Crippen LogP contribution in [0.1, 0.15) is 29.2 Å². The predicted octanol–water partition coefficient (Wildman–Crippen LogP) is 3.11. The summed E-state index contributed by atoms with van der Waals surface area (Å²) in [7, 11) is 0. The zero-order valence-electron chi connectivity index (χ0n) is 9.52. The summed E-state index contributed by atoms with van der Waals surface area (Å²) in [6, 6.07) is 0.671. The van der Waals surface area contributed by atoms with Crippen molar-refractivity contribution in [3.8, 4) is 0 Å². The molecule has 1 rings (SSSR count). The molecular weight excluding hydrogens is 276 g/mol. The van der Waals surface area contributed by atoms with Crippen LogP contribution in [0.15, 0.2) is 18.2 Å². The molecule has 0 aromatic heterocycles. The zero-order chi connectivity index (χ0) is 14.8. The van der Waals surface area contributed by atoms with Crippen molar-refractivity contribution in [2.45, 2.75) is 24.8 Å². The van der Waals surface area contributed by atoms with E-state index in [9.17, 15) is 26.3 Å². The van der Waals surface area contributed by atoms with Crippen LogP contribution in [-0.2, 0) is 12.4 Å². The highest BCUT2D eigenvalue weighted by molar-refractivity contribution is 5.37. The van der Waals surface area contributed by atoms with Crippen LogP contribution in [-0.4, -0.2) is 11.7 Å². The molecule has 0 unspecified atom stereocenters. The van der Waals surface area contributed by atoms with Gasteiger partial charge in [0, 0.05) is 12.6 Å². The highest BCUT2D eigenvalue weighted by atomic mass is 19.4. The molecule has 0 heterocycles. The van der Waals surface area contributed by atoms with Crippen LogP contribution >= 0.6 is 0 Å². The molecule has 0 aliphatic carbocycles. The van der Waals surface area contributed by atoms with Crippen LogP contribution in [0.4, 0.5) is 26.3 Å². The monoisotopic (exact) mass is 287 g/mol. The van der Waals surface area contributed by atoms with Crippen molar-refractivity contribution in [1.82, 2.24) is 0 Å². The Morgan fingerprint density at radius 3 is 1.95 bits per heavy atom. The summed E-state index contributed by atoms with van der Waals surface area (Å²) >= 11 is 0. The molecule has 0 radical (unpaired) electrons. The highest BCUT2D eigenvalue weighted by Gasteiger charge is 2.43. The molecule has 0 saturated heterocycles. The molecule has 1 atom stereocenters. The number of halogens is 6.